The van der Waals surface area contributed by atoms with E-state index in [1.807, 2.05) is 12.3 Å². The monoisotopic (exact) mass is 342 g/mol. The van der Waals surface area contributed by atoms with Gasteiger partial charge in [-0.2, -0.15) is 0 Å². The molecular weight excluding hydrogens is 327 g/mol. The molecule has 0 atom stereocenters. The van der Waals surface area contributed by atoms with Crippen molar-refractivity contribution in [1.29, 1.82) is 0 Å². The predicted molar refractivity (Wildman–Crippen MR) is 92.1 cm³/mol. The number of amides is 1. The molecule has 0 saturated carbocycles. The van der Waals surface area contributed by atoms with Crippen molar-refractivity contribution in [3.05, 3.63) is 70.4 Å². The van der Waals surface area contributed by atoms with Crippen molar-refractivity contribution in [2.45, 2.75) is 13.3 Å². The van der Waals surface area contributed by atoms with E-state index < -0.39 is 0 Å². The van der Waals surface area contributed by atoms with E-state index >= 15 is 0 Å². The van der Waals surface area contributed by atoms with Crippen LogP contribution in [0.5, 0.6) is 11.5 Å². The molecule has 0 bridgehead atoms. The maximum atomic E-state index is 13.1. The minimum absolute atomic E-state index is 0.126. The van der Waals surface area contributed by atoms with Crippen LogP contribution in [-0.2, 0) is 11.2 Å². The van der Waals surface area contributed by atoms with Gasteiger partial charge in [-0.15, -0.1) is 11.3 Å². The van der Waals surface area contributed by atoms with Gasteiger partial charge in [-0.3, -0.25) is 4.79 Å². The smallest absolute Gasteiger partial charge is 0.230 e. The highest BCUT2D eigenvalue weighted by atomic mass is 32.1. The van der Waals surface area contributed by atoms with Crippen LogP contribution in [0.2, 0.25) is 0 Å². The van der Waals surface area contributed by atoms with E-state index in [0.29, 0.717) is 17.2 Å². The largest absolute Gasteiger partial charge is 0.457 e. The normalized spacial score (nSPS) is 10.4. The van der Waals surface area contributed by atoms with Crippen molar-refractivity contribution in [3.8, 4) is 11.5 Å². The van der Waals surface area contributed by atoms with Gasteiger partial charge in [0, 0.05) is 17.1 Å². The van der Waals surface area contributed by atoms with Gasteiger partial charge in [0.15, 0.2) is 0 Å². The maximum absolute atomic E-state index is 13.1. The van der Waals surface area contributed by atoms with Gasteiger partial charge in [0.25, 0.3) is 0 Å². The van der Waals surface area contributed by atoms with E-state index in [4.69, 9.17) is 4.74 Å². The van der Waals surface area contributed by atoms with E-state index in [-0.39, 0.29) is 18.1 Å². The molecule has 0 fully saturated rings. The molecule has 4 nitrogen and oxygen atoms in total. The number of nitrogens with one attached hydrogen (secondary N) is 1. The number of anilines is 1. The Hall–Kier alpha value is -2.73. The number of nitrogens with zero attached hydrogens (tertiary/aromatic N) is 1. The molecule has 0 aliphatic carbocycles. The van der Waals surface area contributed by atoms with E-state index in [9.17, 15) is 9.18 Å². The van der Waals surface area contributed by atoms with Crippen molar-refractivity contribution < 1.29 is 13.9 Å². The summed E-state index contributed by atoms with van der Waals surface area (Å²) in [5, 5.41) is 5.63. The Kier molecular flexibility index (Phi) is 4.86. The van der Waals surface area contributed by atoms with Crippen LogP contribution in [0.3, 0.4) is 0 Å². The number of hydrogen-bond donors (Lipinski definition) is 1. The quantitative estimate of drug-likeness (QED) is 0.739. The second kappa shape index (κ2) is 7.23. The topological polar surface area (TPSA) is 51.2 Å². The number of aromatic nitrogens is 1. The number of hydrogen-bond acceptors (Lipinski definition) is 4. The highest BCUT2D eigenvalue weighted by molar-refractivity contribution is 7.09. The molecule has 0 saturated heterocycles. The Labute approximate surface area is 142 Å². The van der Waals surface area contributed by atoms with Crippen molar-refractivity contribution in [2.24, 2.45) is 0 Å². The van der Waals surface area contributed by atoms with E-state index in [1.165, 1.54) is 23.5 Å². The highest BCUT2D eigenvalue weighted by Gasteiger charge is 2.07. The second-order valence-electron chi connectivity index (χ2n) is 5.17. The fourth-order valence-corrected chi connectivity index (χ4v) is 2.74. The summed E-state index contributed by atoms with van der Waals surface area (Å²) in [6, 6.07) is 12.8. The third-order valence-corrected chi connectivity index (χ3v) is 4.00. The van der Waals surface area contributed by atoms with E-state index in [2.05, 4.69) is 10.3 Å². The summed E-state index contributed by atoms with van der Waals surface area (Å²) in [6.07, 6.45) is 0.242. The molecule has 6 heteroatoms. The summed E-state index contributed by atoms with van der Waals surface area (Å²) in [5.41, 5.74) is 1.43. The Bertz CT molecular complexity index is 846. The summed E-state index contributed by atoms with van der Waals surface area (Å²) < 4.78 is 18.7. The van der Waals surface area contributed by atoms with Crippen LogP contribution in [0.4, 0.5) is 10.1 Å². The maximum Gasteiger partial charge on any atom is 0.230 e. The molecule has 1 N–H and O–H groups in total. The molecule has 3 rings (SSSR count). The molecule has 0 aliphatic heterocycles. The summed E-state index contributed by atoms with van der Waals surface area (Å²) in [6.45, 7) is 1.91. The van der Waals surface area contributed by atoms with Gasteiger partial charge in [0.2, 0.25) is 5.91 Å². The lowest BCUT2D eigenvalue weighted by Crippen LogP contribution is -2.14. The third kappa shape index (κ3) is 4.39. The van der Waals surface area contributed by atoms with Gasteiger partial charge >= 0.3 is 0 Å². The zero-order valence-corrected chi connectivity index (χ0v) is 13.8. The lowest BCUT2D eigenvalue weighted by Gasteiger charge is -2.08. The van der Waals surface area contributed by atoms with Crippen LogP contribution in [0.25, 0.3) is 0 Å². The zero-order valence-electron chi connectivity index (χ0n) is 13.0. The molecule has 2 aromatic carbocycles. The molecule has 24 heavy (non-hydrogen) atoms. The molecule has 122 valence electrons. The first-order chi connectivity index (χ1) is 11.6. The number of rotatable bonds is 5. The molecular formula is C18H15FN2O2S. The molecule has 1 amide bonds. The van der Waals surface area contributed by atoms with Crippen LogP contribution < -0.4 is 10.1 Å². The number of thiazole rings is 1. The predicted octanol–water partition coefficient (Wildman–Crippen LogP) is 4.56. The average molecular weight is 342 g/mol. The number of halogens is 1. The molecule has 1 aromatic heterocycles. The van der Waals surface area contributed by atoms with Gasteiger partial charge in [-0.25, -0.2) is 9.37 Å². The van der Waals surface area contributed by atoms with E-state index in [1.54, 1.807) is 36.4 Å². The number of ether oxygens (including phenoxy) is 1. The van der Waals surface area contributed by atoms with Crippen LogP contribution in [0, 0.1) is 12.7 Å². The molecule has 0 radical (unpaired) electrons. The lowest BCUT2D eigenvalue weighted by atomic mass is 10.2. The molecule has 3 aromatic rings. The van der Waals surface area contributed by atoms with Gasteiger partial charge in [0.05, 0.1) is 17.1 Å². The second-order valence-corrected chi connectivity index (χ2v) is 6.23. The standard InChI is InChI=1S/C18H15FN2O2S/c1-12-20-15(11-24-12)10-18(22)21-14-5-7-16(8-6-14)23-17-4-2-3-13(19)9-17/h2-9,11H,10H2,1H3,(H,21,22). The molecule has 0 unspecified atom stereocenters. The van der Waals surface area contributed by atoms with Crippen LogP contribution >= 0.6 is 11.3 Å². The fraction of sp³-hybridized carbons (Fsp3) is 0.111. The summed E-state index contributed by atoms with van der Waals surface area (Å²) in [5.74, 6) is 0.507. The van der Waals surface area contributed by atoms with Gasteiger partial charge in [0.1, 0.15) is 17.3 Å². The Morgan fingerprint density at radius 3 is 2.67 bits per heavy atom. The van der Waals surface area contributed by atoms with Crippen molar-refractivity contribution >= 4 is 22.9 Å². The fourth-order valence-electron chi connectivity index (χ4n) is 2.13. The summed E-state index contributed by atoms with van der Waals surface area (Å²) in [7, 11) is 0. The molecule has 0 aliphatic rings. The van der Waals surface area contributed by atoms with Crippen LogP contribution in [-0.4, -0.2) is 10.9 Å². The van der Waals surface area contributed by atoms with Gasteiger partial charge < -0.3 is 10.1 Å². The van der Waals surface area contributed by atoms with Crippen LogP contribution in [0.1, 0.15) is 10.7 Å². The van der Waals surface area contributed by atoms with Crippen molar-refractivity contribution in [3.63, 3.8) is 0 Å². The number of carbonyl (C=O) groups is 1. The molecule has 0 spiro atoms. The van der Waals surface area contributed by atoms with Gasteiger partial charge in [-0.05, 0) is 43.3 Å². The first kappa shape index (κ1) is 16.1. The van der Waals surface area contributed by atoms with Gasteiger partial charge in [-0.1, -0.05) is 6.07 Å². The number of benzene rings is 2. The zero-order chi connectivity index (χ0) is 16.9. The Balaban J connectivity index is 1.59. The van der Waals surface area contributed by atoms with Crippen LogP contribution in [0.15, 0.2) is 53.9 Å². The highest BCUT2D eigenvalue weighted by Crippen LogP contribution is 2.23. The summed E-state index contributed by atoms with van der Waals surface area (Å²) in [4.78, 5) is 16.3. The minimum Gasteiger partial charge on any atom is -0.457 e. The Morgan fingerprint density at radius 1 is 1.21 bits per heavy atom. The SMILES string of the molecule is Cc1nc(CC(=O)Nc2ccc(Oc3cccc(F)c3)cc2)cs1. The third-order valence-electron chi connectivity index (χ3n) is 3.18. The lowest BCUT2D eigenvalue weighted by molar-refractivity contribution is -0.115. The number of carbonyl (C=O) groups excluding carboxylic acids is 1. The van der Waals surface area contributed by atoms with E-state index in [0.717, 1.165) is 10.7 Å². The minimum atomic E-state index is -0.353. The Morgan fingerprint density at radius 2 is 2.00 bits per heavy atom. The first-order valence-corrected chi connectivity index (χ1v) is 8.21. The van der Waals surface area contributed by atoms with Crippen molar-refractivity contribution in [2.75, 3.05) is 5.32 Å². The summed E-state index contributed by atoms with van der Waals surface area (Å²) >= 11 is 1.52. The average Bonchev–Trinajstić information content (AvgIpc) is 2.94. The van der Waals surface area contributed by atoms with Crippen molar-refractivity contribution in [1.82, 2.24) is 4.98 Å². The molecule has 1 heterocycles. The first-order valence-electron chi connectivity index (χ1n) is 7.33. The number of aryl methyl sites for hydroxylation is 1.